The van der Waals surface area contributed by atoms with Crippen LogP contribution >= 0.6 is 12.4 Å². The number of esters is 1. The van der Waals surface area contributed by atoms with E-state index in [1.807, 2.05) is 20.8 Å². The SMILES string of the molecule is CCOC(=O)[C@](C)(CC)NC.Cl. The smallest absolute Gasteiger partial charge is 0.326 e. The molecule has 0 rings (SSSR count). The predicted octanol–water partition coefficient (Wildman–Crippen LogP) is 1.36. The van der Waals surface area contributed by atoms with Crippen LogP contribution in [-0.2, 0) is 9.53 Å². The number of hydrogen-bond acceptors (Lipinski definition) is 3. The Bertz CT molecular complexity index is 135. The first-order valence-corrected chi connectivity index (χ1v) is 3.96. The van der Waals surface area contributed by atoms with Crippen molar-refractivity contribution in [3.05, 3.63) is 0 Å². The number of hydrogen-bond donors (Lipinski definition) is 1. The maximum atomic E-state index is 11.2. The first kappa shape index (κ1) is 14.3. The third kappa shape index (κ3) is 3.41. The molecule has 0 amide bonds. The fraction of sp³-hybridized carbons (Fsp3) is 0.875. The molecular formula is C8H18ClNO2. The Morgan fingerprint density at radius 3 is 2.25 bits per heavy atom. The Hall–Kier alpha value is -0.280. The van der Waals surface area contributed by atoms with Crippen LogP contribution in [0.3, 0.4) is 0 Å². The van der Waals surface area contributed by atoms with Crippen molar-refractivity contribution < 1.29 is 9.53 Å². The zero-order valence-electron chi connectivity index (χ0n) is 8.14. The third-order valence-electron chi connectivity index (χ3n) is 1.98. The van der Waals surface area contributed by atoms with Crippen LogP contribution in [0.15, 0.2) is 0 Å². The van der Waals surface area contributed by atoms with E-state index in [4.69, 9.17) is 4.74 Å². The van der Waals surface area contributed by atoms with Gasteiger partial charge in [-0.15, -0.1) is 12.4 Å². The molecular weight excluding hydrogens is 178 g/mol. The van der Waals surface area contributed by atoms with E-state index in [0.29, 0.717) is 6.61 Å². The van der Waals surface area contributed by atoms with E-state index in [9.17, 15) is 4.79 Å². The summed E-state index contributed by atoms with van der Waals surface area (Å²) in [4.78, 5) is 11.2. The second kappa shape index (κ2) is 6.26. The van der Waals surface area contributed by atoms with E-state index in [1.54, 1.807) is 7.05 Å². The first-order chi connectivity index (χ1) is 5.10. The summed E-state index contributed by atoms with van der Waals surface area (Å²) in [6, 6.07) is 0. The first-order valence-electron chi connectivity index (χ1n) is 3.96. The highest BCUT2D eigenvalue weighted by Gasteiger charge is 2.30. The largest absolute Gasteiger partial charge is 0.465 e. The number of nitrogens with one attached hydrogen (secondary N) is 1. The van der Waals surface area contributed by atoms with E-state index < -0.39 is 5.54 Å². The monoisotopic (exact) mass is 195 g/mol. The zero-order valence-corrected chi connectivity index (χ0v) is 8.96. The second-order valence-corrected chi connectivity index (χ2v) is 2.66. The van der Waals surface area contributed by atoms with E-state index in [2.05, 4.69) is 5.32 Å². The van der Waals surface area contributed by atoms with Gasteiger partial charge in [-0.1, -0.05) is 6.92 Å². The summed E-state index contributed by atoms with van der Waals surface area (Å²) in [7, 11) is 1.76. The maximum absolute atomic E-state index is 11.2. The molecule has 1 N–H and O–H groups in total. The van der Waals surface area contributed by atoms with Crippen LogP contribution in [-0.4, -0.2) is 25.2 Å². The van der Waals surface area contributed by atoms with Gasteiger partial charge in [0, 0.05) is 0 Å². The van der Waals surface area contributed by atoms with Crippen LogP contribution in [0.1, 0.15) is 27.2 Å². The highest BCUT2D eigenvalue weighted by molar-refractivity contribution is 5.85. The number of carbonyl (C=O) groups excluding carboxylic acids is 1. The lowest BCUT2D eigenvalue weighted by Crippen LogP contribution is -2.48. The quantitative estimate of drug-likeness (QED) is 0.689. The number of likely N-dealkylation sites (N-methyl/N-ethyl adjacent to an activating group) is 1. The zero-order chi connectivity index (χ0) is 8.91. The Balaban J connectivity index is 0. The standard InChI is InChI=1S/C8H17NO2.ClH/c1-5-8(3,9-4)7(10)11-6-2;/h9H,5-6H2,1-4H3;1H/t8-;/m0./s1. The van der Waals surface area contributed by atoms with Crippen LogP contribution in [0.5, 0.6) is 0 Å². The van der Waals surface area contributed by atoms with Gasteiger partial charge in [-0.2, -0.15) is 0 Å². The molecule has 0 radical (unpaired) electrons. The van der Waals surface area contributed by atoms with E-state index in [-0.39, 0.29) is 18.4 Å². The van der Waals surface area contributed by atoms with Gasteiger partial charge in [0.2, 0.25) is 0 Å². The molecule has 0 fully saturated rings. The van der Waals surface area contributed by atoms with Crippen LogP contribution < -0.4 is 5.32 Å². The molecule has 74 valence electrons. The van der Waals surface area contributed by atoms with Crippen LogP contribution in [0.25, 0.3) is 0 Å². The molecule has 0 unspecified atom stereocenters. The fourth-order valence-corrected chi connectivity index (χ4v) is 0.714. The lowest BCUT2D eigenvalue weighted by Gasteiger charge is -2.24. The summed E-state index contributed by atoms with van der Waals surface area (Å²) >= 11 is 0. The third-order valence-corrected chi connectivity index (χ3v) is 1.98. The number of halogens is 1. The molecule has 0 aliphatic heterocycles. The number of rotatable bonds is 4. The lowest BCUT2D eigenvalue weighted by molar-refractivity contribution is -0.150. The Morgan fingerprint density at radius 2 is 2.00 bits per heavy atom. The Labute approximate surface area is 80.3 Å². The summed E-state index contributed by atoms with van der Waals surface area (Å²) in [5.74, 6) is -0.176. The molecule has 0 saturated carbocycles. The van der Waals surface area contributed by atoms with Crippen molar-refractivity contribution in [3.63, 3.8) is 0 Å². The molecule has 0 aliphatic carbocycles. The van der Waals surface area contributed by atoms with Crippen molar-refractivity contribution in [1.82, 2.24) is 5.32 Å². The van der Waals surface area contributed by atoms with Gasteiger partial charge in [0.25, 0.3) is 0 Å². The fourth-order valence-electron chi connectivity index (χ4n) is 0.714. The van der Waals surface area contributed by atoms with Crippen LogP contribution in [0, 0.1) is 0 Å². The highest BCUT2D eigenvalue weighted by atomic mass is 35.5. The molecule has 1 atom stereocenters. The van der Waals surface area contributed by atoms with Gasteiger partial charge in [-0.25, -0.2) is 0 Å². The Kier molecular flexibility index (Phi) is 7.44. The summed E-state index contributed by atoms with van der Waals surface area (Å²) in [5, 5.41) is 2.94. The summed E-state index contributed by atoms with van der Waals surface area (Å²) in [6.45, 7) is 6.04. The van der Waals surface area contributed by atoms with Crippen molar-refractivity contribution in [3.8, 4) is 0 Å². The molecule has 0 aromatic rings. The molecule has 3 nitrogen and oxygen atoms in total. The Morgan fingerprint density at radius 1 is 1.50 bits per heavy atom. The summed E-state index contributed by atoms with van der Waals surface area (Å²) in [6.07, 6.45) is 0.738. The van der Waals surface area contributed by atoms with Crippen molar-refractivity contribution in [1.29, 1.82) is 0 Å². The van der Waals surface area contributed by atoms with Gasteiger partial charge in [0.15, 0.2) is 0 Å². The number of ether oxygens (including phenoxy) is 1. The highest BCUT2D eigenvalue weighted by Crippen LogP contribution is 2.09. The summed E-state index contributed by atoms with van der Waals surface area (Å²) in [5.41, 5.74) is -0.518. The van der Waals surface area contributed by atoms with E-state index in [0.717, 1.165) is 6.42 Å². The van der Waals surface area contributed by atoms with Gasteiger partial charge in [0.1, 0.15) is 5.54 Å². The average molecular weight is 196 g/mol. The average Bonchev–Trinajstić information content (AvgIpc) is 2.03. The minimum absolute atomic E-state index is 0. The molecule has 0 spiro atoms. The molecule has 0 bridgehead atoms. The minimum atomic E-state index is -0.518. The van der Waals surface area contributed by atoms with Gasteiger partial charge < -0.3 is 10.1 Å². The van der Waals surface area contributed by atoms with Crippen LogP contribution in [0.2, 0.25) is 0 Å². The molecule has 0 aromatic heterocycles. The minimum Gasteiger partial charge on any atom is -0.465 e. The normalized spacial score (nSPS) is 14.3. The van der Waals surface area contributed by atoms with Gasteiger partial charge in [-0.3, -0.25) is 4.79 Å². The van der Waals surface area contributed by atoms with E-state index in [1.165, 1.54) is 0 Å². The predicted molar refractivity (Wildman–Crippen MR) is 51.6 cm³/mol. The maximum Gasteiger partial charge on any atom is 0.326 e. The second-order valence-electron chi connectivity index (χ2n) is 2.66. The van der Waals surface area contributed by atoms with Gasteiger partial charge in [-0.05, 0) is 27.3 Å². The molecule has 0 aromatic carbocycles. The van der Waals surface area contributed by atoms with Crippen LogP contribution in [0.4, 0.5) is 0 Å². The molecule has 0 aliphatic rings. The number of carbonyl (C=O) groups is 1. The molecule has 0 saturated heterocycles. The van der Waals surface area contributed by atoms with Gasteiger partial charge in [0.05, 0.1) is 6.61 Å². The van der Waals surface area contributed by atoms with Crippen molar-refractivity contribution >= 4 is 18.4 Å². The van der Waals surface area contributed by atoms with E-state index >= 15 is 0 Å². The van der Waals surface area contributed by atoms with Crippen molar-refractivity contribution in [2.75, 3.05) is 13.7 Å². The molecule has 12 heavy (non-hydrogen) atoms. The van der Waals surface area contributed by atoms with Gasteiger partial charge >= 0.3 is 5.97 Å². The molecule has 0 heterocycles. The molecule has 4 heteroatoms. The van der Waals surface area contributed by atoms with Crippen molar-refractivity contribution in [2.24, 2.45) is 0 Å². The lowest BCUT2D eigenvalue weighted by atomic mass is 10.00. The topological polar surface area (TPSA) is 38.3 Å². The summed E-state index contributed by atoms with van der Waals surface area (Å²) < 4.78 is 4.89. The van der Waals surface area contributed by atoms with Crippen molar-refractivity contribution in [2.45, 2.75) is 32.7 Å².